The highest BCUT2D eigenvalue weighted by Gasteiger charge is 2.30. The lowest BCUT2D eigenvalue weighted by atomic mass is 9.78. The van der Waals surface area contributed by atoms with Gasteiger partial charge in [-0.25, -0.2) is 69.4 Å². The average molecular weight is 1930 g/mol. The van der Waals surface area contributed by atoms with E-state index in [-0.39, 0.29) is 56.9 Å². The van der Waals surface area contributed by atoms with Crippen LogP contribution in [-0.2, 0) is 71.4 Å². The van der Waals surface area contributed by atoms with E-state index in [2.05, 4.69) is 127 Å². The molecular formula is C87H115Cl4N13O24S2. The minimum absolute atomic E-state index is 0.0536. The Balaban J connectivity index is 0.000000519. The number of urea groups is 1. The maximum Gasteiger partial charge on any atom is 0.420 e. The molecule has 1 heterocycles. The maximum absolute atomic E-state index is 12.0. The number of nitrogens with two attached hydrogens (primary N) is 1. The summed E-state index contributed by atoms with van der Waals surface area (Å²) >= 11 is 23.0. The zero-order chi connectivity index (χ0) is 98.8. The highest BCUT2D eigenvalue weighted by atomic mass is 35.5. The van der Waals surface area contributed by atoms with Gasteiger partial charge in [0.2, 0.25) is 0 Å². The van der Waals surface area contributed by atoms with Crippen molar-refractivity contribution in [2.45, 2.75) is 155 Å². The summed E-state index contributed by atoms with van der Waals surface area (Å²) in [6, 6.07) is 39.3. The van der Waals surface area contributed by atoms with E-state index in [0.29, 0.717) is 84.7 Å². The fourth-order valence-electron chi connectivity index (χ4n) is 9.41. The van der Waals surface area contributed by atoms with Gasteiger partial charge >= 0.3 is 54.8 Å². The zero-order valence-electron chi connectivity index (χ0n) is 76.4. The number of ether oxygens (including phenoxy) is 9. The molecule has 0 saturated carbocycles. The number of halogens is 4. The molecule has 0 aliphatic heterocycles. The Bertz CT molecular complexity index is 5300. The second-order valence-electron chi connectivity index (χ2n) is 31.4. The number of nitrogen functional groups attached to an aromatic ring is 1. The monoisotopic (exact) mass is 1930 g/mol. The fourth-order valence-corrected chi connectivity index (χ4v) is 12.1. The maximum atomic E-state index is 12.0. The molecule has 0 saturated heterocycles. The fraction of sp³-hybridized carbons (Fsp3) is 0.368. The normalized spacial score (nSPS) is 11.0. The predicted octanol–water partition coefficient (Wildman–Crippen LogP) is 18.0. The molecule has 7 aromatic carbocycles. The van der Waals surface area contributed by atoms with Crippen LogP contribution >= 0.6 is 46.4 Å². The van der Waals surface area contributed by atoms with Gasteiger partial charge in [-0.2, -0.15) is 0 Å². The van der Waals surface area contributed by atoms with Gasteiger partial charge in [0, 0.05) is 108 Å². The van der Waals surface area contributed by atoms with Crippen LogP contribution in [0.1, 0.15) is 130 Å². The number of aryl methyl sites for hydroxylation is 2. The van der Waals surface area contributed by atoms with Crippen molar-refractivity contribution in [2.75, 3.05) is 96.1 Å². The molecule has 0 radical (unpaired) electrons. The SMILES string of the molecule is CCC(CCl)NC(=O)Oc1cccc(NC(=O)OC)c1.CN(C)C(=O)Nc1cccc(OC(=O)NC(C)(C)C)c1.CNC(=O)OCc1ccc(Cl)c(Cl)c1.CNC(=O)Oc1c(C(C)(C)C)cc(C)cc1C(C)(C)C.COC(=O)NS(=O)(=O)c1ccc(N)cc1.COC(=O)NS(=O)(=O)c1ccc(NC(=O)COc2ccc(Cl)cc2C)cc1.COC(=O)Nc1cc(C(C)(C)C)on1. The number of hydrogen-bond acceptors (Lipinski definition) is 26. The zero-order valence-corrected chi connectivity index (χ0v) is 81.1. The molecule has 0 fully saturated rings. The summed E-state index contributed by atoms with van der Waals surface area (Å²) in [6.45, 7) is 30.1. The van der Waals surface area contributed by atoms with Crippen LogP contribution in [0.2, 0.25) is 15.1 Å². The second-order valence-corrected chi connectivity index (χ2v) is 36.4. The smallest absolute Gasteiger partial charge is 0.420 e. The van der Waals surface area contributed by atoms with Crippen LogP contribution < -0.4 is 76.7 Å². The van der Waals surface area contributed by atoms with Crippen molar-refractivity contribution in [3.8, 4) is 23.0 Å². The molecule has 1 unspecified atom stereocenters. The molecule has 130 heavy (non-hydrogen) atoms. The molecule has 11 amide bonds. The number of benzene rings is 7. The summed E-state index contributed by atoms with van der Waals surface area (Å²) < 4.78 is 98.7. The average Bonchev–Trinajstić information content (AvgIpc) is 0.790. The quantitative estimate of drug-likeness (QED) is 0.0203. The van der Waals surface area contributed by atoms with Gasteiger partial charge < -0.3 is 89.7 Å². The van der Waals surface area contributed by atoms with Crippen molar-refractivity contribution in [3.63, 3.8) is 0 Å². The van der Waals surface area contributed by atoms with E-state index in [0.717, 1.165) is 36.5 Å². The minimum Gasteiger partial charge on any atom is -0.483 e. The second kappa shape index (κ2) is 53.9. The molecule has 0 bridgehead atoms. The first-order chi connectivity index (χ1) is 60.4. The van der Waals surface area contributed by atoms with E-state index < -0.39 is 74.7 Å². The van der Waals surface area contributed by atoms with Crippen molar-refractivity contribution in [1.29, 1.82) is 0 Å². The number of carbonyl (C=O) groups excluding carboxylic acids is 10. The number of methoxy groups -OCH3 is 4. The first kappa shape index (κ1) is 113. The lowest BCUT2D eigenvalue weighted by Gasteiger charge is -2.29. The Hall–Kier alpha value is -12.7. The van der Waals surface area contributed by atoms with Crippen molar-refractivity contribution in [1.82, 2.24) is 40.8 Å². The van der Waals surface area contributed by atoms with Gasteiger partial charge in [0.15, 0.2) is 12.4 Å². The molecule has 8 rings (SSSR count). The number of aromatic nitrogens is 1. The van der Waals surface area contributed by atoms with E-state index >= 15 is 0 Å². The topological polar surface area (TPSA) is 498 Å². The molecule has 12 N–H and O–H groups in total. The van der Waals surface area contributed by atoms with E-state index in [4.69, 9.17) is 80.3 Å². The number of nitrogens with zero attached hydrogens (tertiary/aromatic N) is 2. The number of nitrogens with one attached hydrogen (secondary N) is 10. The van der Waals surface area contributed by atoms with Gasteiger partial charge in [-0.05, 0) is 166 Å². The molecule has 37 nitrogen and oxygen atoms in total. The van der Waals surface area contributed by atoms with Crippen LogP contribution in [0, 0.1) is 13.8 Å². The van der Waals surface area contributed by atoms with E-state index in [9.17, 15) is 64.8 Å². The standard InChI is InChI=1S/C17H17ClN2O6S.C17H27NO2.C14H21N3O3.C13H17ClN2O4.C9H9Cl2NO2.C9H14N2O3.C8H10N2O4S/c1-11-9-12(18)3-8-15(11)26-10-16(21)19-13-4-6-14(7-5-13)27(23,24)20-17(22)25-2;1-11-9-12(16(2,3)4)14(20-15(19)18-8)13(10-11)17(5,6)7;1-14(2,3)16-13(19)20-11-8-6-7-10(9-11)15-12(18)17(4)5;1-3-9(8-14)15-13(18)20-11-6-4-5-10(7-11)16-12(17)19-2;1-12-9(13)14-5-6-2-3-7(10)8(11)4-6;1-9(2,3)6-5-7(11-14-6)10-8(12)13-4;1-14-8(11)10-15(12,13)7-4-2-6(9)3-5-7/h3-9H,10H2,1-2H3,(H,19,21)(H,20,22);9-10H,1-8H3,(H,18,19);6-9H,1-5H3,(H,15,18)(H,16,19);4-7,9H,3,8H2,1-2H3,(H,15,18)(H,16,17);2-4H,5H2,1H3,(H,12,13);5H,1-4H3,(H,10,11,12);2-5H,9H2,1H3,(H,10,11). The number of rotatable bonds is 19. The van der Waals surface area contributed by atoms with Gasteiger partial charge in [0.25, 0.3) is 26.0 Å². The number of hydrogen-bond donors (Lipinski definition) is 11. The Labute approximate surface area is 777 Å². The Kier molecular flexibility index (Phi) is 47.1. The van der Waals surface area contributed by atoms with E-state index in [1.165, 1.54) is 86.3 Å². The van der Waals surface area contributed by atoms with Crippen molar-refractivity contribution < 1.29 is 112 Å². The lowest BCUT2D eigenvalue weighted by Crippen LogP contribution is -2.42. The number of alkyl halides is 1. The van der Waals surface area contributed by atoms with Crippen LogP contribution in [0.25, 0.3) is 0 Å². The molecule has 712 valence electrons. The van der Waals surface area contributed by atoms with Crippen molar-refractivity contribution >= 4 is 156 Å². The summed E-state index contributed by atoms with van der Waals surface area (Å²) in [6.07, 6.45) is -4.60. The predicted molar refractivity (Wildman–Crippen MR) is 498 cm³/mol. The van der Waals surface area contributed by atoms with Crippen LogP contribution in [0.4, 0.5) is 71.7 Å². The van der Waals surface area contributed by atoms with Gasteiger partial charge in [0.1, 0.15) is 35.4 Å². The van der Waals surface area contributed by atoms with Crippen LogP contribution in [0.15, 0.2) is 166 Å². The molecule has 0 aliphatic rings. The molecule has 0 spiro atoms. The third kappa shape index (κ3) is 43.9. The Morgan fingerprint density at radius 3 is 1.45 bits per heavy atom. The van der Waals surface area contributed by atoms with Crippen LogP contribution in [-0.4, -0.2) is 168 Å². The number of alkyl carbamates (subject to hydrolysis) is 1. The number of anilines is 5. The molecule has 1 atom stereocenters. The van der Waals surface area contributed by atoms with Crippen molar-refractivity contribution in [2.24, 2.45) is 0 Å². The summed E-state index contributed by atoms with van der Waals surface area (Å²) in [5.74, 6) is 2.86. The highest BCUT2D eigenvalue weighted by Crippen LogP contribution is 2.41. The molecule has 43 heteroatoms. The van der Waals surface area contributed by atoms with Crippen molar-refractivity contribution in [3.05, 3.63) is 200 Å². The molecule has 1 aromatic heterocycles. The summed E-state index contributed by atoms with van der Waals surface area (Å²) in [5, 5.41) is 25.5. The van der Waals surface area contributed by atoms with Gasteiger partial charge in [0.05, 0.1) is 48.3 Å². The third-order valence-corrected chi connectivity index (χ3v) is 20.1. The first-order valence-corrected chi connectivity index (χ1v) is 43.7. The van der Waals surface area contributed by atoms with E-state index in [1.54, 1.807) is 122 Å². The van der Waals surface area contributed by atoms with Gasteiger partial charge in [-0.3, -0.25) is 15.4 Å². The van der Waals surface area contributed by atoms with E-state index in [1.807, 2.05) is 48.5 Å². The highest BCUT2D eigenvalue weighted by molar-refractivity contribution is 7.90. The Morgan fingerprint density at radius 1 is 0.515 bits per heavy atom. The Morgan fingerprint density at radius 2 is 1.01 bits per heavy atom. The number of amides is 11. The van der Waals surface area contributed by atoms with Crippen LogP contribution in [0.3, 0.4) is 0 Å². The molecule has 0 aliphatic carbocycles. The van der Waals surface area contributed by atoms with Gasteiger partial charge in [-0.1, -0.05) is 145 Å². The largest absolute Gasteiger partial charge is 0.483 e. The van der Waals surface area contributed by atoms with Gasteiger partial charge in [-0.15, -0.1) is 11.6 Å². The number of carbonyl (C=O) groups is 10. The molecule has 8 aromatic rings. The minimum atomic E-state index is -4.04. The summed E-state index contributed by atoms with van der Waals surface area (Å²) in [7, 11) is 3.13. The summed E-state index contributed by atoms with van der Waals surface area (Å²) in [4.78, 5) is 114. The van der Waals surface area contributed by atoms with Crippen LogP contribution in [0.5, 0.6) is 23.0 Å². The first-order valence-electron chi connectivity index (χ1n) is 39.0. The molecular weight excluding hydrogens is 1820 g/mol. The number of sulfonamides is 2. The third-order valence-electron chi connectivity index (χ3n) is 16.1. The lowest BCUT2D eigenvalue weighted by molar-refractivity contribution is -0.118. The summed E-state index contributed by atoms with van der Waals surface area (Å²) in [5.41, 5.74) is 11.5.